The van der Waals surface area contributed by atoms with Crippen molar-refractivity contribution >= 4 is 41.6 Å². The van der Waals surface area contributed by atoms with Crippen LogP contribution >= 0.6 is 11.6 Å². The second-order valence-electron chi connectivity index (χ2n) is 11.7. The van der Waals surface area contributed by atoms with Crippen LogP contribution in [-0.2, 0) is 33.4 Å². The highest BCUT2D eigenvalue weighted by atomic mass is 35.5. The fourth-order valence-electron chi connectivity index (χ4n) is 7.88. The first-order valence-corrected chi connectivity index (χ1v) is 13.3. The molecule has 8 nitrogen and oxygen atoms in total. The number of carbonyl (C=O) groups excluding carboxylic acids is 5. The molecule has 38 heavy (non-hydrogen) atoms. The number of carbonyl (C=O) groups is 5. The van der Waals surface area contributed by atoms with Gasteiger partial charge >= 0.3 is 17.9 Å². The molecule has 4 aliphatic rings. The molecule has 1 aliphatic heterocycles. The smallest absolute Gasteiger partial charge is 0.338 e. The number of esters is 3. The van der Waals surface area contributed by atoms with Crippen LogP contribution < -0.4 is 0 Å². The van der Waals surface area contributed by atoms with Gasteiger partial charge in [-0.1, -0.05) is 32.0 Å². The lowest BCUT2D eigenvalue weighted by Gasteiger charge is -2.62. The van der Waals surface area contributed by atoms with Crippen molar-refractivity contribution in [3.8, 4) is 0 Å². The van der Waals surface area contributed by atoms with E-state index in [1.165, 1.54) is 19.1 Å². The van der Waals surface area contributed by atoms with Gasteiger partial charge in [0.2, 0.25) is 0 Å². The minimum absolute atomic E-state index is 0.175. The fourth-order valence-corrected chi connectivity index (χ4v) is 8.00. The van der Waals surface area contributed by atoms with Crippen LogP contribution in [-0.4, -0.2) is 48.8 Å². The molecule has 0 amide bonds. The molecule has 1 aromatic carbocycles. The van der Waals surface area contributed by atoms with Crippen molar-refractivity contribution in [3.05, 3.63) is 47.0 Å². The number of ether oxygens (including phenoxy) is 3. The third kappa shape index (κ3) is 3.52. The maximum atomic E-state index is 14.0. The summed E-state index contributed by atoms with van der Waals surface area (Å²) in [4.78, 5) is 66.0. The lowest BCUT2D eigenvalue weighted by atomic mass is 9.43. The minimum Gasteiger partial charge on any atom is -0.464 e. The molecule has 0 unspecified atom stereocenters. The zero-order valence-electron chi connectivity index (χ0n) is 21.7. The highest BCUT2D eigenvalue weighted by molar-refractivity contribution is 6.30. The molecule has 0 radical (unpaired) electrons. The van der Waals surface area contributed by atoms with E-state index in [2.05, 4.69) is 6.58 Å². The lowest BCUT2D eigenvalue weighted by molar-refractivity contribution is -0.250. The number of hydrogen-bond donors (Lipinski definition) is 0. The summed E-state index contributed by atoms with van der Waals surface area (Å²) >= 11 is 5.96. The summed E-state index contributed by atoms with van der Waals surface area (Å²) in [6, 6.07) is 6.10. The summed E-state index contributed by atoms with van der Waals surface area (Å²) in [6.07, 6.45) is 0.767. The van der Waals surface area contributed by atoms with Crippen molar-refractivity contribution in [2.24, 2.45) is 34.0 Å². The molecule has 1 aromatic rings. The van der Waals surface area contributed by atoms with Gasteiger partial charge < -0.3 is 19.0 Å². The van der Waals surface area contributed by atoms with Crippen molar-refractivity contribution < 1.29 is 38.2 Å². The summed E-state index contributed by atoms with van der Waals surface area (Å²) in [7, 11) is 0. The van der Waals surface area contributed by atoms with E-state index in [4.69, 9.17) is 25.8 Å². The van der Waals surface area contributed by atoms with Crippen LogP contribution in [0.4, 0.5) is 0 Å². The Balaban J connectivity index is 1.66. The number of halogens is 1. The molecule has 9 heteroatoms. The first-order chi connectivity index (χ1) is 17.9. The maximum absolute atomic E-state index is 14.0. The number of hydrogen-bond acceptors (Lipinski definition) is 8. The van der Waals surface area contributed by atoms with Gasteiger partial charge in [-0.15, -0.1) is 0 Å². The largest absolute Gasteiger partial charge is 0.464 e. The SMILES string of the molecule is C=C1C(=O)[C@@]23C(=O)OC[C@]4([C@@H](OC(C)=O)CCC(C)(C)[C@H]4C=O)[C@@H]2CC[C@H]1[C@H]3OC(=O)c1ccc(Cl)cc1. The van der Waals surface area contributed by atoms with E-state index in [0.29, 0.717) is 30.7 Å². The van der Waals surface area contributed by atoms with Crippen LogP contribution in [0.25, 0.3) is 0 Å². The third-order valence-corrected chi connectivity index (χ3v) is 9.77. The molecule has 1 saturated heterocycles. The highest BCUT2D eigenvalue weighted by Gasteiger charge is 2.79. The van der Waals surface area contributed by atoms with Gasteiger partial charge in [0, 0.05) is 23.8 Å². The van der Waals surface area contributed by atoms with Crippen LogP contribution in [0, 0.1) is 34.0 Å². The number of rotatable bonds is 4. The number of fused-ring (bicyclic) bond motifs is 2. The van der Waals surface area contributed by atoms with Crippen LogP contribution in [0.2, 0.25) is 5.02 Å². The van der Waals surface area contributed by atoms with Crippen LogP contribution in [0.1, 0.15) is 56.8 Å². The van der Waals surface area contributed by atoms with E-state index in [1.807, 2.05) is 13.8 Å². The number of cyclic esters (lactones) is 1. The maximum Gasteiger partial charge on any atom is 0.338 e. The second kappa shape index (κ2) is 9.04. The van der Waals surface area contributed by atoms with Crippen molar-refractivity contribution in [1.82, 2.24) is 0 Å². The molecular weight excluding hydrogens is 512 g/mol. The van der Waals surface area contributed by atoms with Gasteiger partial charge in [-0.2, -0.15) is 0 Å². The topological polar surface area (TPSA) is 113 Å². The molecule has 3 saturated carbocycles. The summed E-state index contributed by atoms with van der Waals surface area (Å²) in [5, 5.41) is 0.440. The minimum atomic E-state index is -1.88. The zero-order chi connectivity index (χ0) is 27.6. The number of ketones is 1. The van der Waals surface area contributed by atoms with E-state index in [1.54, 1.807) is 12.1 Å². The van der Waals surface area contributed by atoms with Crippen molar-refractivity contribution in [1.29, 1.82) is 0 Å². The zero-order valence-corrected chi connectivity index (χ0v) is 22.4. The predicted molar refractivity (Wildman–Crippen MR) is 135 cm³/mol. The molecule has 3 aliphatic carbocycles. The van der Waals surface area contributed by atoms with E-state index < -0.39 is 69.9 Å². The number of benzene rings is 1. The van der Waals surface area contributed by atoms with Gasteiger partial charge in [-0.3, -0.25) is 14.4 Å². The van der Waals surface area contributed by atoms with Gasteiger partial charge in [0.25, 0.3) is 0 Å². The van der Waals surface area contributed by atoms with Crippen LogP contribution in [0.3, 0.4) is 0 Å². The number of Topliss-reactive ketones (excluding diaryl/α,β-unsaturated/α-hetero) is 1. The molecular formula is C29H31ClO8. The van der Waals surface area contributed by atoms with E-state index in [9.17, 15) is 24.0 Å². The molecule has 202 valence electrons. The second-order valence-corrected chi connectivity index (χ2v) is 12.2. The standard InChI is InChI=1S/C29H31ClO8/c1-15-19-9-10-20-28(21(13-31)27(3,4)12-11-22(28)37-16(2)32)14-36-26(35)29(20,23(15)33)24(19)38-25(34)17-5-7-18(30)8-6-17/h5-8,13,19-22,24H,1,9-12,14H2,2-4H3/t19-,20+,21-,22+,24-,28+,29+/m1/s1. The van der Waals surface area contributed by atoms with Crippen molar-refractivity contribution in [2.45, 2.75) is 58.7 Å². The Morgan fingerprint density at radius 1 is 1.11 bits per heavy atom. The van der Waals surface area contributed by atoms with Gasteiger partial charge in [-0.25, -0.2) is 4.79 Å². The van der Waals surface area contributed by atoms with Crippen molar-refractivity contribution in [3.63, 3.8) is 0 Å². The Hall–Kier alpha value is -3.00. The third-order valence-electron chi connectivity index (χ3n) is 9.51. The molecule has 4 fully saturated rings. The fraction of sp³-hybridized carbons (Fsp3) is 0.552. The Morgan fingerprint density at radius 3 is 2.42 bits per heavy atom. The normalized spacial score (nSPS) is 37.3. The van der Waals surface area contributed by atoms with E-state index in [-0.39, 0.29) is 17.7 Å². The molecule has 2 bridgehead atoms. The molecule has 0 aromatic heterocycles. The Morgan fingerprint density at radius 2 is 1.79 bits per heavy atom. The van der Waals surface area contributed by atoms with Gasteiger partial charge in [0.15, 0.2) is 11.2 Å². The van der Waals surface area contributed by atoms with E-state index >= 15 is 0 Å². The molecule has 7 atom stereocenters. The average Bonchev–Trinajstić information content (AvgIpc) is 2.97. The Kier molecular flexibility index (Phi) is 6.33. The summed E-state index contributed by atoms with van der Waals surface area (Å²) in [6.45, 7) is 9.02. The lowest BCUT2D eigenvalue weighted by Crippen LogP contribution is -2.71. The molecule has 5 rings (SSSR count). The predicted octanol–water partition coefficient (Wildman–Crippen LogP) is 4.13. The van der Waals surface area contributed by atoms with Crippen LogP contribution in [0.15, 0.2) is 36.4 Å². The Bertz CT molecular complexity index is 1240. The van der Waals surface area contributed by atoms with Gasteiger partial charge in [0.05, 0.1) is 11.0 Å². The first-order valence-electron chi connectivity index (χ1n) is 12.9. The summed E-state index contributed by atoms with van der Waals surface area (Å²) in [5.41, 5.74) is -3.15. The average molecular weight is 543 g/mol. The van der Waals surface area contributed by atoms with Crippen molar-refractivity contribution in [2.75, 3.05) is 6.61 Å². The molecule has 2 spiro atoms. The molecule has 0 N–H and O–H groups in total. The summed E-state index contributed by atoms with van der Waals surface area (Å²) < 4.78 is 17.6. The summed E-state index contributed by atoms with van der Waals surface area (Å²) in [5.74, 6) is -4.57. The Labute approximate surface area is 226 Å². The highest BCUT2D eigenvalue weighted by Crippen LogP contribution is 2.68. The monoisotopic (exact) mass is 542 g/mol. The molecule has 1 heterocycles. The van der Waals surface area contributed by atoms with Gasteiger partial charge in [0.1, 0.15) is 25.1 Å². The van der Waals surface area contributed by atoms with Gasteiger partial charge in [-0.05, 0) is 66.9 Å². The number of aldehydes is 1. The van der Waals surface area contributed by atoms with E-state index in [0.717, 1.165) is 6.29 Å². The van der Waals surface area contributed by atoms with Crippen LogP contribution in [0.5, 0.6) is 0 Å². The quantitative estimate of drug-likeness (QED) is 0.183. The first kappa shape index (κ1) is 26.6.